The van der Waals surface area contributed by atoms with Gasteiger partial charge >= 0.3 is 6.01 Å². The van der Waals surface area contributed by atoms with Gasteiger partial charge in [0.25, 0.3) is 0 Å². The Kier molecular flexibility index (Phi) is 5.27. The summed E-state index contributed by atoms with van der Waals surface area (Å²) in [6.07, 6.45) is 3.89. The first kappa shape index (κ1) is 19.9. The number of nitrogens with one attached hydrogen (secondary N) is 1. The summed E-state index contributed by atoms with van der Waals surface area (Å²) in [7, 11) is 3.44. The molecule has 1 aliphatic heterocycles. The Bertz CT molecular complexity index is 1060. The largest absolute Gasteiger partial charge is 0.481 e. The van der Waals surface area contributed by atoms with E-state index in [-0.39, 0.29) is 0 Å². The SMILES string of the molecule is COc1cc(N2C[C@H]3CC[C@@H](C2)[C@@H]3Nc2nc(Oc3cccc(Cl)c3)n(C)n2)ncn1. The number of fused-ring (bicyclic) bond motifs is 2. The molecule has 5 rings (SSSR count). The number of anilines is 2. The molecule has 3 atom stereocenters. The summed E-state index contributed by atoms with van der Waals surface area (Å²) in [6, 6.07) is 9.87. The van der Waals surface area contributed by atoms with Crippen molar-refractivity contribution in [3.63, 3.8) is 0 Å². The summed E-state index contributed by atoms with van der Waals surface area (Å²) in [5.41, 5.74) is 0. The topological polar surface area (TPSA) is 90.2 Å². The lowest BCUT2D eigenvalue weighted by molar-refractivity contribution is 0.372. The quantitative estimate of drug-likeness (QED) is 0.622. The Morgan fingerprint density at radius 3 is 2.68 bits per heavy atom. The lowest BCUT2D eigenvalue weighted by Crippen LogP contribution is -2.48. The molecule has 3 heterocycles. The molecule has 1 N–H and O–H groups in total. The summed E-state index contributed by atoms with van der Waals surface area (Å²) < 4.78 is 12.7. The fraction of sp³-hybridized carbons (Fsp3) is 0.429. The van der Waals surface area contributed by atoms with Crippen LogP contribution in [0, 0.1) is 11.8 Å². The van der Waals surface area contributed by atoms with Crippen LogP contribution in [0.15, 0.2) is 36.7 Å². The van der Waals surface area contributed by atoms with E-state index in [4.69, 9.17) is 21.1 Å². The Balaban J connectivity index is 1.27. The molecular formula is C21H24ClN7O2. The highest BCUT2D eigenvalue weighted by Gasteiger charge is 2.43. The number of hydrogen-bond donors (Lipinski definition) is 1. The molecule has 9 nitrogen and oxygen atoms in total. The number of aromatic nitrogens is 5. The molecule has 1 aliphatic carbocycles. The lowest BCUT2D eigenvalue weighted by atomic mass is 9.92. The fourth-order valence-corrected chi connectivity index (χ4v) is 4.75. The number of benzene rings is 1. The van der Waals surface area contributed by atoms with Crippen LogP contribution in [0.1, 0.15) is 12.8 Å². The number of rotatable bonds is 6. The van der Waals surface area contributed by atoms with Gasteiger partial charge in [-0.25, -0.2) is 14.6 Å². The molecule has 0 amide bonds. The molecule has 162 valence electrons. The molecule has 0 unspecified atom stereocenters. The van der Waals surface area contributed by atoms with Gasteiger partial charge in [-0.05, 0) is 42.9 Å². The molecule has 0 spiro atoms. The van der Waals surface area contributed by atoms with Crippen molar-refractivity contribution in [3.05, 3.63) is 41.7 Å². The van der Waals surface area contributed by atoms with E-state index >= 15 is 0 Å². The van der Waals surface area contributed by atoms with Gasteiger partial charge in [-0.2, -0.15) is 4.98 Å². The highest BCUT2D eigenvalue weighted by Crippen LogP contribution is 2.40. The molecule has 1 saturated heterocycles. The first-order valence-electron chi connectivity index (χ1n) is 10.3. The number of aryl methyl sites for hydroxylation is 1. The summed E-state index contributed by atoms with van der Waals surface area (Å²) >= 11 is 6.04. The van der Waals surface area contributed by atoms with Crippen LogP contribution in [-0.2, 0) is 7.05 Å². The van der Waals surface area contributed by atoms with Crippen LogP contribution in [0.5, 0.6) is 17.6 Å². The highest BCUT2D eigenvalue weighted by molar-refractivity contribution is 6.30. The zero-order valence-corrected chi connectivity index (χ0v) is 18.2. The van der Waals surface area contributed by atoms with Crippen LogP contribution < -0.4 is 19.7 Å². The zero-order chi connectivity index (χ0) is 21.4. The Morgan fingerprint density at radius 1 is 1.13 bits per heavy atom. The minimum atomic E-state index is 0.321. The van der Waals surface area contributed by atoms with E-state index < -0.39 is 0 Å². The predicted molar refractivity (Wildman–Crippen MR) is 117 cm³/mol. The first-order chi connectivity index (χ1) is 15.1. The maximum Gasteiger partial charge on any atom is 0.321 e. The lowest BCUT2D eigenvalue weighted by Gasteiger charge is -2.38. The molecular weight excluding hydrogens is 418 g/mol. The predicted octanol–water partition coefficient (Wildman–Crippen LogP) is 3.39. The molecule has 0 radical (unpaired) electrons. The van der Waals surface area contributed by atoms with Crippen molar-refractivity contribution in [1.29, 1.82) is 0 Å². The maximum atomic E-state index is 6.04. The van der Waals surface area contributed by atoms with Gasteiger partial charge in [0.15, 0.2) is 0 Å². The van der Waals surface area contributed by atoms with E-state index in [0.29, 0.717) is 46.5 Å². The van der Waals surface area contributed by atoms with Crippen molar-refractivity contribution in [2.24, 2.45) is 18.9 Å². The van der Waals surface area contributed by atoms with Crippen molar-refractivity contribution in [2.75, 3.05) is 30.4 Å². The monoisotopic (exact) mass is 441 g/mol. The molecule has 2 bridgehead atoms. The summed E-state index contributed by atoms with van der Waals surface area (Å²) in [4.78, 5) is 15.4. The van der Waals surface area contributed by atoms with Gasteiger partial charge in [-0.3, -0.25) is 0 Å². The van der Waals surface area contributed by atoms with Crippen molar-refractivity contribution in [1.82, 2.24) is 24.7 Å². The Morgan fingerprint density at radius 2 is 1.94 bits per heavy atom. The molecule has 2 fully saturated rings. The third-order valence-electron chi connectivity index (χ3n) is 6.02. The second kappa shape index (κ2) is 8.22. The Labute approximate surface area is 185 Å². The normalized spacial score (nSPS) is 22.4. The fourth-order valence-electron chi connectivity index (χ4n) is 4.56. The van der Waals surface area contributed by atoms with Gasteiger partial charge in [0.05, 0.1) is 7.11 Å². The van der Waals surface area contributed by atoms with E-state index in [0.717, 1.165) is 18.9 Å². The third kappa shape index (κ3) is 4.10. The van der Waals surface area contributed by atoms with Gasteiger partial charge in [0.1, 0.15) is 17.9 Å². The van der Waals surface area contributed by atoms with Crippen molar-refractivity contribution >= 4 is 23.4 Å². The molecule has 31 heavy (non-hydrogen) atoms. The van der Waals surface area contributed by atoms with Gasteiger partial charge in [0, 0.05) is 37.3 Å². The van der Waals surface area contributed by atoms with Crippen LogP contribution in [0.25, 0.3) is 0 Å². The molecule has 10 heteroatoms. The second-order valence-electron chi connectivity index (χ2n) is 7.99. The van der Waals surface area contributed by atoms with Crippen molar-refractivity contribution in [2.45, 2.75) is 18.9 Å². The Hall–Kier alpha value is -3.07. The summed E-state index contributed by atoms with van der Waals surface area (Å²) in [6.45, 7) is 1.85. The molecule has 1 saturated carbocycles. The van der Waals surface area contributed by atoms with Gasteiger partial charge in [-0.15, -0.1) is 5.10 Å². The van der Waals surface area contributed by atoms with Crippen LogP contribution in [0.4, 0.5) is 11.8 Å². The minimum absolute atomic E-state index is 0.321. The van der Waals surface area contributed by atoms with Gasteiger partial charge < -0.3 is 19.7 Å². The van der Waals surface area contributed by atoms with E-state index in [1.165, 1.54) is 12.8 Å². The summed E-state index contributed by atoms with van der Waals surface area (Å²) in [5, 5.41) is 8.68. The van der Waals surface area contributed by atoms with E-state index in [1.807, 2.05) is 25.2 Å². The minimum Gasteiger partial charge on any atom is -0.481 e. The van der Waals surface area contributed by atoms with Crippen molar-refractivity contribution < 1.29 is 9.47 Å². The number of methoxy groups -OCH3 is 1. The number of nitrogens with zero attached hydrogens (tertiary/aromatic N) is 6. The van der Waals surface area contributed by atoms with Crippen LogP contribution in [0.2, 0.25) is 5.02 Å². The average molecular weight is 442 g/mol. The van der Waals surface area contributed by atoms with Gasteiger partial charge in [-0.1, -0.05) is 17.7 Å². The zero-order valence-electron chi connectivity index (χ0n) is 17.4. The number of hydrogen-bond acceptors (Lipinski definition) is 8. The smallest absolute Gasteiger partial charge is 0.321 e. The number of piperidine rings is 1. The summed E-state index contributed by atoms with van der Waals surface area (Å²) in [5.74, 6) is 3.68. The van der Waals surface area contributed by atoms with Crippen LogP contribution >= 0.6 is 11.6 Å². The van der Waals surface area contributed by atoms with E-state index in [9.17, 15) is 0 Å². The molecule has 2 aliphatic rings. The van der Waals surface area contributed by atoms with E-state index in [1.54, 1.807) is 30.3 Å². The molecule has 2 aromatic heterocycles. The molecule has 3 aromatic rings. The second-order valence-corrected chi connectivity index (χ2v) is 8.43. The average Bonchev–Trinajstić information content (AvgIpc) is 3.21. The van der Waals surface area contributed by atoms with E-state index in [2.05, 4.69) is 30.3 Å². The van der Waals surface area contributed by atoms with Crippen molar-refractivity contribution in [3.8, 4) is 17.6 Å². The number of halogens is 1. The van der Waals surface area contributed by atoms with Gasteiger partial charge in [0.2, 0.25) is 11.8 Å². The number of ether oxygens (including phenoxy) is 2. The third-order valence-corrected chi connectivity index (χ3v) is 6.25. The molecule has 1 aromatic carbocycles. The van der Waals surface area contributed by atoms with Crippen LogP contribution in [-0.4, -0.2) is 51.0 Å². The highest BCUT2D eigenvalue weighted by atomic mass is 35.5. The van der Waals surface area contributed by atoms with Crippen LogP contribution in [0.3, 0.4) is 0 Å². The standard InChI is InChI=1S/C21H24ClN7O2/c1-28-21(31-16-5-3-4-15(22)8-16)26-20(27-28)25-19-13-6-7-14(19)11-29(10-13)17-9-18(30-2)24-12-23-17/h3-5,8-9,12-14,19H,6-7,10-11H2,1-2H3,(H,25,27)/t13-,14+,19-. The maximum absolute atomic E-state index is 6.04. The first-order valence-corrected chi connectivity index (χ1v) is 10.7.